The van der Waals surface area contributed by atoms with E-state index >= 15 is 0 Å². The number of likely N-dealkylation sites (tertiary alicyclic amines) is 1. The molecule has 19 heavy (non-hydrogen) atoms. The van der Waals surface area contributed by atoms with E-state index in [0.29, 0.717) is 35.6 Å². The SMILES string of the molecule is CCOc1ccc(C(=O)N2CC3CCC2C3)cc1N. The molecule has 2 N–H and O–H groups in total. The molecule has 2 atom stereocenters. The summed E-state index contributed by atoms with van der Waals surface area (Å²) in [6.07, 6.45) is 3.61. The van der Waals surface area contributed by atoms with Gasteiger partial charge >= 0.3 is 0 Å². The standard InChI is InChI=1S/C15H20N2O2/c1-2-19-14-6-4-11(8-13(14)16)15(18)17-9-10-3-5-12(17)7-10/h4,6,8,10,12H,2-3,5,7,9,16H2,1H3. The maximum atomic E-state index is 12.5. The molecule has 1 aromatic rings. The summed E-state index contributed by atoms with van der Waals surface area (Å²) in [5.74, 6) is 1.48. The fourth-order valence-electron chi connectivity index (χ4n) is 3.31. The van der Waals surface area contributed by atoms with Crippen LogP contribution in [0.15, 0.2) is 18.2 Å². The van der Waals surface area contributed by atoms with Crippen LogP contribution >= 0.6 is 0 Å². The number of nitrogen functional groups attached to an aromatic ring is 1. The highest BCUT2D eigenvalue weighted by atomic mass is 16.5. The number of nitrogens with two attached hydrogens (primary N) is 1. The zero-order valence-corrected chi connectivity index (χ0v) is 11.3. The van der Waals surface area contributed by atoms with Crippen LogP contribution in [0.1, 0.15) is 36.5 Å². The first-order valence-electron chi connectivity index (χ1n) is 7.02. The van der Waals surface area contributed by atoms with Gasteiger partial charge in [0.05, 0.1) is 12.3 Å². The van der Waals surface area contributed by atoms with Crippen molar-refractivity contribution in [1.82, 2.24) is 4.90 Å². The quantitative estimate of drug-likeness (QED) is 0.848. The Labute approximate surface area is 113 Å². The van der Waals surface area contributed by atoms with Gasteiger partial charge in [-0.25, -0.2) is 0 Å². The second-order valence-corrected chi connectivity index (χ2v) is 5.48. The zero-order chi connectivity index (χ0) is 13.4. The van der Waals surface area contributed by atoms with Crippen LogP contribution in [0.2, 0.25) is 0 Å². The number of ether oxygens (including phenoxy) is 1. The van der Waals surface area contributed by atoms with Gasteiger partial charge in [-0.05, 0) is 50.3 Å². The van der Waals surface area contributed by atoms with Gasteiger partial charge in [-0.15, -0.1) is 0 Å². The number of carbonyl (C=O) groups is 1. The van der Waals surface area contributed by atoms with Crippen molar-refractivity contribution in [2.24, 2.45) is 5.92 Å². The van der Waals surface area contributed by atoms with E-state index in [1.807, 2.05) is 17.9 Å². The Bertz CT molecular complexity index is 501. The van der Waals surface area contributed by atoms with Crippen molar-refractivity contribution in [1.29, 1.82) is 0 Å². The van der Waals surface area contributed by atoms with Crippen molar-refractivity contribution in [3.63, 3.8) is 0 Å². The summed E-state index contributed by atoms with van der Waals surface area (Å²) >= 11 is 0. The molecule has 2 bridgehead atoms. The van der Waals surface area contributed by atoms with E-state index in [2.05, 4.69) is 0 Å². The van der Waals surface area contributed by atoms with Crippen molar-refractivity contribution in [3.05, 3.63) is 23.8 Å². The van der Waals surface area contributed by atoms with Crippen molar-refractivity contribution < 1.29 is 9.53 Å². The van der Waals surface area contributed by atoms with Crippen LogP contribution in [0, 0.1) is 5.92 Å². The maximum absolute atomic E-state index is 12.5. The van der Waals surface area contributed by atoms with E-state index in [1.165, 1.54) is 12.8 Å². The monoisotopic (exact) mass is 260 g/mol. The van der Waals surface area contributed by atoms with Crippen LogP contribution in [-0.4, -0.2) is 30.0 Å². The Morgan fingerprint density at radius 1 is 1.47 bits per heavy atom. The largest absolute Gasteiger partial charge is 0.492 e. The Morgan fingerprint density at radius 2 is 2.32 bits per heavy atom. The molecule has 0 spiro atoms. The third-order valence-corrected chi connectivity index (χ3v) is 4.23. The number of piperidine rings is 1. The molecule has 1 aliphatic carbocycles. The van der Waals surface area contributed by atoms with Gasteiger partial charge in [0.2, 0.25) is 0 Å². The Morgan fingerprint density at radius 3 is 2.89 bits per heavy atom. The van der Waals surface area contributed by atoms with E-state index in [-0.39, 0.29) is 5.91 Å². The van der Waals surface area contributed by atoms with Gasteiger partial charge in [0.25, 0.3) is 5.91 Å². The first-order chi connectivity index (χ1) is 9.19. The first-order valence-corrected chi connectivity index (χ1v) is 7.02. The summed E-state index contributed by atoms with van der Waals surface area (Å²) in [5.41, 5.74) is 7.14. The van der Waals surface area contributed by atoms with Crippen LogP contribution in [0.5, 0.6) is 5.75 Å². The lowest BCUT2D eigenvalue weighted by Gasteiger charge is -2.27. The number of nitrogens with zero attached hydrogens (tertiary/aromatic N) is 1. The molecule has 1 saturated carbocycles. The van der Waals surface area contributed by atoms with Gasteiger partial charge < -0.3 is 15.4 Å². The van der Waals surface area contributed by atoms with Crippen LogP contribution in [0.25, 0.3) is 0 Å². The summed E-state index contributed by atoms with van der Waals surface area (Å²) in [6.45, 7) is 3.41. The number of benzene rings is 1. The molecule has 1 aromatic carbocycles. The van der Waals surface area contributed by atoms with Crippen molar-refractivity contribution in [2.45, 2.75) is 32.2 Å². The highest BCUT2D eigenvalue weighted by Gasteiger charge is 2.40. The molecule has 2 aliphatic rings. The molecule has 2 fully saturated rings. The molecule has 4 heteroatoms. The molecule has 0 radical (unpaired) electrons. The fraction of sp³-hybridized carbons (Fsp3) is 0.533. The number of hydrogen-bond donors (Lipinski definition) is 1. The highest BCUT2D eigenvalue weighted by molar-refractivity contribution is 5.96. The molecular formula is C15H20N2O2. The fourth-order valence-corrected chi connectivity index (χ4v) is 3.31. The topological polar surface area (TPSA) is 55.6 Å². The van der Waals surface area contributed by atoms with Crippen LogP contribution in [0.4, 0.5) is 5.69 Å². The van der Waals surface area contributed by atoms with Gasteiger partial charge in [-0.3, -0.25) is 4.79 Å². The van der Waals surface area contributed by atoms with Gasteiger partial charge in [-0.1, -0.05) is 0 Å². The predicted octanol–water partition coefficient (Wildman–Crippen LogP) is 2.29. The minimum Gasteiger partial charge on any atom is -0.492 e. The zero-order valence-electron chi connectivity index (χ0n) is 11.3. The predicted molar refractivity (Wildman–Crippen MR) is 74.2 cm³/mol. The minimum atomic E-state index is 0.113. The molecule has 4 nitrogen and oxygen atoms in total. The average molecular weight is 260 g/mol. The Balaban J connectivity index is 1.78. The van der Waals surface area contributed by atoms with Crippen molar-refractivity contribution in [3.8, 4) is 5.75 Å². The third-order valence-electron chi connectivity index (χ3n) is 4.23. The molecule has 0 aromatic heterocycles. The van der Waals surface area contributed by atoms with Crippen LogP contribution in [0.3, 0.4) is 0 Å². The van der Waals surface area contributed by atoms with Gasteiger partial charge in [0, 0.05) is 18.2 Å². The summed E-state index contributed by atoms with van der Waals surface area (Å²) in [7, 11) is 0. The average Bonchev–Trinajstić information content (AvgIpc) is 3.03. The number of amides is 1. The number of hydrogen-bond acceptors (Lipinski definition) is 3. The van der Waals surface area contributed by atoms with Gasteiger partial charge in [0.1, 0.15) is 5.75 Å². The lowest BCUT2D eigenvalue weighted by molar-refractivity contribution is 0.0703. The van der Waals surface area contributed by atoms with Crippen molar-refractivity contribution >= 4 is 11.6 Å². The first kappa shape index (κ1) is 12.3. The second-order valence-electron chi connectivity index (χ2n) is 5.48. The highest BCUT2D eigenvalue weighted by Crippen LogP contribution is 2.38. The normalized spacial score (nSPS) is 24.8. The van der Waals surface area contributed by atoms with E-state index in [9.17, 15) is 4.79 Å². The lowest BCUT2D eigenvalue weighted by atomic mass is 10.1. The summed E-state index contributed by atoms with van der Waals surface area (Å²) in [5, 5.41) is 0. The van der Waals surface area contributed by atoms with Crippen LogP contribution in [-0.2, 0) is 0 Å². The number of anilines is 1. The molecule has 102 valence electrons. The van der Waals surface area contributed by atoms with E-state index < -0.39 is 0 Å². The lowest BCUT2D eigenvalue weighted by Crippen LogP contribution is -2.37. The Kier molecular flexibility index (Phi) is 3.09. The van der Waals surface area contributed by atoms with E-state index in [0.717, 1.165) is 13.0 Å². The molecule has 1 heterocycles. The number of carbonyl (C=O) groups excluding carboxylic acids is 1. The number of rotatable bonds is 3. The molecule has 2 unspecified atom stereocenters. The number of fused-ring (bicyclic) bond motifs is 2. The van der Waals surface area contributed by atoms with Crippen molar-refractivity contribution in [2.75, 3.05) is 18.9 Å². The molecule has 1 saturated heterocycles. The maximum Gasteiger partial charge on any atom is 0.254 e. The van der Waals surface area contributed by atoms with Gasteiger partial charge in [-0.2, -0.15) is 0 Å². The molecule has 1 amide bonds. The third kappa shape index (κ3) is 2.15. The van der Waals surface area contributed by atoms with Crippen LogP contribution < -0.4 is 10.5 Å². The summed E-state index contributed by atoms with van der Waals surface area (Å²) < 4.78 is 5.40. The van der Waals surface area contributed by atoms with E-state index in [4.69, 9.17) is 10.5 Å². The Hall–Kier alpha value is -1.71. The molecule has 1 aliphatic heterocycles. The van der Waals surface area contributed by atoms with Gasteiger partial charge in [0.15, 0.2) is 0 Å². The molecule has 3 rings (SSSR count). The van der Waals surface area contributed by atoms with E-state index in [1.54, 1.807) is 12.1 Å². The molecular weight excluding hydrogens is 240 g/mol. The smallest absolute Gasteiger partial charge is 0.254 e. The second kappa shape index (κ2) is 4.76. The summed E-state index contributed by atoms with van der Waals surface area (Å²) in [6, 6.07) is 5.79. The summed E-state index contributed by atoms with van der Waals surface area (Å²) in [4.78, 5) is 14.5. The minimum absolute atomic E-state index is 0.113.